The van der Waals surface area contributed by atoms with Crippen LogP contribution in [0.3, 0.4) is 0 Å². The number of nitrogens with zero attached hydrogens (tertiary/aromatic N) is 2. The number of rotatable bonds is 11. The lowest BCUT2D eigenvalue weighted by Crippen LogP contribution is -2.36. The zero-order valence-corrected chi connectivity index (χ0v) is 23.8. The zero-order valence-electron chi connectivity index (χ0n) is 23.8. The van der Waals surface area contributed by atoms with Crippen LogP contribution in [0.5, 0.6) is 0 Å². The highest BCUT2D eigenvalue weighted by Crippen LogP contribution is 2.30. The van der Waals surface area contributed by atoms with Crippen LogP contribution in [-0.4, -0.2) is 46.3 Å². The Balaban J connectivity index is 1.54. The number of hydrogen-bond acceptors (Lipinski definition) is 5. The minimum Gasteiger partial charge on any atom is -0.460 e. The fourth-order valence-electron chi connectivity index (χ4n) is 5.04. The number of ether oxygens (including phenoxy) is 2. The topological polar surface area (TPSA) is 59.1 Å². The Morgan fingerprint density at radius 2 is 1.52 bits per heavy atom. The highest BCUT2D eigenvalue weighted by Gasteiger charge is 2.27. The Bertz CT molecular complexity index is 1280. The number of benzene rings is 3. The van der Waals surface area contributed by atoms with Gasteiger partial charge in [0.15, 0.2) is 0 Å². The van der Waals surface area contributed by atoms with Crippen molar-refractivity contribution in [3.8, 4) is 11.1 Å². The molecule has 0 unspecified atom stereocenters. The summed E-state index contributed by atoms with van der Waals surface area (Å²) in [6, 6.07) is 24.7. The van der Waals surface area contributed by atoms with Crippen LogP contribution in [-0.2, 0) is 25.6 Å². The van der Waals surface area contributed by atoms with Gasteiger partial charge in [0.1, 0.15) is 6.61 Å². The minimum absolute atomic E-state index is 0.0400. The molecule has 3 aromatic carbocycles. The van der Waals surface area contributed by atoms with E-state index in [2.05, 4.69) is 53.4 Å². The molecule has 1 aliphatic carbocycles. The number of anilines is 2. The number of carbonyl (C=O) groups is 2. The molecule has 40 heavy (non-hydrogen) atoms. The summed E-state index contributed by atoms with van der Waals surface area (Å²) in [6.07, 6.45) is 8.39. The van der Waals surface area contributed by atoms with Crippen molar-refractivity contribution in [2.75, 3.05) is 44.2 Å². The molecule has 0 aliphatic heterocycles. The summed E-state index contributed by atoms with van der Waals surface area (Å²) in [5.41, 5.74) is 6.20. The summed E-state index contributed by atoms with van der Waals surface area (Å²) in [7, 11) is 5.64. The molecular formula is C34H40N2O4. The molecule has 0 heterocycles. The Morgan fingerprint density at radius 3 is 2.17 bits per heavy atom. The second-order valence-electron chi connectivity index (χ2n) is 10.5. The Morgan fingerprint density at radius 1 is 0.850 bits per heavy atom. The molecule has 0 radical (unpaired) electrons. The van der Waals surface area contributed by atoms with Gasteiger partial charge in [-0.1, -0.05) is 67.8 Å². The lowest BCUT2D eigenvalue weighted by Gasteiger charge is -2.30. The Labute approximate surface area is 238 Å². The molecule has 0 atom stereocenters. The Kier molecular flexibility index (Phi) is 10.5. The third kappa shape index (κ3) is 8.06. The number of esters is 1. The summed E-state index contributed by atoms with van der Waals surface area (Å²) in [4.78, 5) is 29.8. The monoisotopic (exact) mass is 540 g/mol. The predicted octanol–water partition coefficient (Wildman–Crippen LogP) is 6.74. The van der Waals surface area contributed by atoms with Crippen LogP contribution in [0.25, 0.3) is 17.2 Å². The quantitative estimate of drug-likeness (QED) is 0.153. The number of carbonyl (C=O) groups excluding carboxylic acids is 2. The molecule has 1 saturated carbocycles. The van der Waals surface area contributed by atoms with Gasteiger partial charge in [0.25, 0.3) is 0 Å². The first-order valence-corrected chi connectivity index (χ1v) is 14.1. The second kappa shape index (κ2) is 14.5. The standard InChI is InChI=1S/C34H40N2O4/c1-35(2)31-19-17-29(18-20-31)28-15-12-27(13-16-28)25-36(34(38)30-9-5-4-6-10-30)32-11-7-8-26(24-32)14-21-33(37)40-23-22-39-3/h7-8,11-21,24,30H,4-6,9-10,22-23,25H2,1-3H3/b21-14+. The molecule has 6 nitrogen and oxygen atoms in total. The predicted molar refractivity (Wildman–Crippen MR) is 162 cm³/mol. The van der Waals surface area contributed by atoms with Crippen LogP contribution in [0.15, 0.2) is 78.9 Å². The second-order valence-corrected chi connectivity index (χ2v) is 10.5. The van der Waals surface area contributed by atoms with Crippen molar-refractivity contribution in [1.82, 2.24) is 0 Å². The minimum atomic E-state index is -0.422. The fraction of sp³-hybridized carbons (Fsp3) is 0.353. The molecule has 1 aliphatic rings. The number of amides is 1. The van der Waals surface area contributed by atoms with Crippen LogP contribution in [0.4, 0.5) is 11.4 Å². The fourth-order valence-corrected chi connectivity index (χ4v) is 5.04. The van der Waals surface area contributed by atoms with Crippen molar-refractivity contribution in [2.24, 2.45) is 5.92 Å². The maximum atomic E-state index is 13.8. The molecule has 0 bridgehead atoms. The van der Waals surface area contributed by atoms with E-state index >= 15 is 0 Å². The van der Waals surface area contributed by atoms with E-state index in [1.807, 2.05) is 43.3 Å². The van der Waals surface area contributed by atoms with E-state index in [0.29, 0.717) is 13.2 Å². The highest BCUT2D eigenvalue weighted by molar-refractivity contribution is 5.95. The zero-order chi connectivity index (χ0) is 28.3. The molecule has 0 aromatic heterocycles. The molecule has 0 N–H and O–H groups in total. The average Bonchev–Trinajstić information content (AvgIpc) is 2.99. The first-order valence-electron chi connectivity index (χ1n) is 14.1. The van der Waals surface area contributed by atoms with E-state index in [0.717, 1.165) is 59.3 Å². The van der Waals surface area contributed by atoms with Crippen LogP contribution in [0.2, 0.25) is 0 Å². The first kappa shape index (κ1) is 29.1. The molecule has 3 aromatic rings. The van der Waals surface area contributed by atoms with Crippen LogP contribution in [0, 0.1) is 5.92 Å². The van der Waals surface area contributed by atoms with Gasteiger partial charge in [-0.05, 0) is 65.4 Å². The summed E-state index contributed by atoms with van der Waals surface area (Å²) in [6.45, 7) is 1.06. The van der Waals surface area contributed by atoms with Gasteiger partial charge in [-0.2, -0.15) is 0 Å². The number of hydrogen-bond donors (Lipinski definition) is 0. The molecule has 4 rings (SSSR count). The van der Waals surface area contributed by atoms with Gasteiger partial charge < -0.3 is 19.3 Å². The highest BCUT2D eigenvalue weighted by atomic mass is 16.6. The van der Waals surface area contributed by atoms with E-state index in [-0.39, 0.29) is 18.4 Å². The van der Waals surface area contributed by atoms with Gasteiger partial charge in [0, 0.05) is 44.6 Å². The summed E-state index contributed by atoms with van der Waals surface area (Å²) in [5, 5.41) is 0. The van der Waals surface area contributed by atoms with Crippen molar-refractivity contribution >= 4 is 29.3 Å². The summed E-state index contributed by atoms with van der Waals surface area (Å²) < 4.78 is 10.0. The maximum Gasteiger partial charge on any atom is 0.330 e. The maximum absolute atomic E-state index is 13.8. The lowest BCUT2D eigenvalue weighted by molar-refractivity contribution is -0.138. The normalized spacial score (nSPS) is 13.8. The van der Waals surface area contributed by atoms with Crippen LogP contribution >= 0.6 is 0 Å². The smallest absolute Gasteiger partial charge is 0.330 e. The largest absolute Gasteiger partial charge is 0.460 e. The lowest BCUT2D eigenvalue weighted by atomic mass is 9.88. The van der Waals surface area contributed by atoms with Gasteiger partial charge in [-0.3, -0.25) is 4.79 Å². The van der Waals surface area contributed by atoms with E-state index in [4.69, 9.17) is 9.47 Å². The van der Waals surface area contributed by atoms with Crippen molar-refractivity contribution in [1.29, 1.82) is 0 Å². The van der Waals surface area contributed by atoms with Crippen molar-refractivity contribution in [3.63, 3.8) is 0 Å². The van der Waals surface area contributed by atoms with Crippen LogP contribution in [0.1, 0.15) is 43.2 Å². The third-order valence-electron chi connectivity index (χ3n) is 7.36. The van der Waals surface area contributed by atoms with Gasteiger partial charge in [0.05, 0.1) is 13.2 Å². The average molecular weight is 541 g/mol. The van der Waals surface area contributed by atoms with Crippen molar-refractivity contribution in [2.45, 2.75) is 38.6 Å². The first-order chi connectivity index (χ1) is 19.4. The summed E-state index contributed by atoms with van der Waals surface area (Å²) >= 11 is 0. The van der Waals surface area contributed by atoms with Gasteiger partial charge in [0.2, 0.25) is 5.91 Å². The van der Waals surface area contributed by atoms with E-state index in [1.54, 1.807) is 13.2 Å². The van der Waals surface area contributed by atoms with Crippen LogP contribution < -0.4 is 9.80 Å². The number of methoxy groups -OCH3 is 1. The SMILES string of the molecule is COCCOC(=O)/C=C/c1cccc(N(Cc2ccc(-c3ccc(N(C)C)cc3)cc2)C(=O)C2CCCCC2)c1. The molecule has 1 fully saturated rings. The molecule has 0 saturated heterocycles. The molecule has 0 spiro atoms. The van der Waals surface area contributed by atoms with Crippen molar-refractivity contribution in [3.05, 3.63) is 90.0 Å². The van der Waals surface area contributed by atoms with E-state index in [9.17, 15) is 9.59 Å². The van der Waals surface area contributed by atoms with Gasteiger partial charge in [-0.25, -0.2) is 4.79 Å². The van der Waals surface area contributed by atoms with E-state index < -0.39 is 5.97 Å². The third-order valence-corrected chi connectivity index (χ3v) is 7.36. The molecule has 210 valence electrons. The molecule has 6 heteroatoms. The summed E-state index contributed by atoms with van der Waals surface area (Å²) in [5.74, 6) is -0.213. The van der Waals surface area contributed by atoms with Gasteiger partial charge >= 0.3 is 5.97 Å². The Hall–Kier alpha value is -3.90. The van der Waals surface area contributed by atoms with Crippen molar-refractivity contribution < 1.29 is 19.1 Å². The van der Waals surface area contributed by atoms with Gasteiger partial charge in [-0.15, -0.1) is 0 Å². The molecule has 1 amide bonds. The molecular weight excluding hydrogens is 500 g/mol. The van der Waals surface area contributed by atoms with E-state index in [1.165, 1.54) is 12.5 Å².